The Morgan fingerprint density at radius 3 is 2.62 bits per heavy atom. The zero-order chi connectivity index (χ0) is 17.4. The summed E-state index contributed by atoms with van der Waals surface area (Å²) >= 11 is 0.984. The number of hydroxylamine groups is 2. The van der Waals surface area contributed by atoms with E-state index in [0.717, 1.165) is 31.0 Å². The molecule has 0 bridgehead atoms. The highest BCUT2D eigenvalue weighted by Gasteiger charge is 2.32. The van der Waals surface area contributed by atoms with E-state index in [2.05, 4.69) is 12.2 Å². The van der Waals surface area contributed by atoms with Gasteiger partial charge in [-0.05, 0) is 25.2 Å². The molecule has 0 aromatic carbocycles. The van der Waals surface area contributed by atoms with Crippen molar-refractivity contribution in [1.29, 1.82) is 0 Å². The van der Waals surface area contributed by atoms with E-state index in [-0.39, 0.29) is 36.7 Å². The van der Waals surface area contributed by atoms with Gasteiger partial charge in [0, 0.05) is 18.6 Å². The summed E-state index contributed by atoms with van der Waals surface area (Å²) in [6.07, 6.45) is 7.48. The first-order valence-corrected chi connectivity index (χ1v) is 8.99. The molecule has 24 heavy (non-hydrogen) atoms. The number of imide groups is 1. The van der Waals surface area contributed by atoms with Crippen molar-refractivity contribution < 1.29 is 28.8 Å². The van der Waals surface area contributed by atoms with Crippen LogP contribution in [0.4, 0.5) is 0 Å². The molecule has 0 saturated carbocycles. The molecule has 0 aromatic heterocycles. The van der Waals surface area contributed by atoms with Gasteiger partial charge in [0.25, 0.3) is 11.8 Å². The molecule has 1 heterocycles. The number of carbonyl (C=O) groups excluding carboxylic acids is 4. The molecular weight excluding hydrogens is 334 g/mol. The van der Waals surface area contributed by atoms with Crippen molar-refractivity contribution in [2.24, 2.45) is 5.92 Å². The summed E-state index contributed by atoms with van der Waals surface area (Å²) < 4.78 is 5.41. The highest BCUT2D eigenvalue weighted by atomic mass is 32.2. The smallest absolute Gasteiger partial charge is 0.334 e. The molecule has 2 rings (SSSR count). The fourth-order valence-electron chi connectivity index (χ4n) is 2.41. The van der Waals surface area contributed by atoms with E-state index >= 15 is 0 Å². The van der Waals surface area contributed by atoms with Gasteiger partial charge in [-0.15, -0.1) is 5.06 Å². The first kappa shape index (κ1) is 18.7. The first-order chi connectivity index (χ1) is 11.6. The lowest BCUT2D eigenvalue weighted by Gasteiger charge is -2.17. The Hall–Kier alpha value is -1.67. The monoisotopic (exact) mass is 355 g/mol. The summed E-state index contributed by atoms with van der Waals surface area (Å²) in [5.41, 5.74) is 0. The molecule has 0 radical (unpaired) electrons. The third-order valence-corrected chi connectivity index (χ3v) is 4.57. The predicted octanol–water partition coefficient (Wildman–Crippen LogP) is 1.62. The van der Waals surface area contributed by atoms with Gasteiger partial charge >= 0.3 is 5.97 Å². The second kappa shape index (κ2) is 9.58. The Labute approximate surface area is 144 Å². The molecule has 1 atom stereocenters. The third-order valence-electron chi connectivity index (χ3n) is 3.72. The van der Waals surface area contributed by atoms with Crippen LogP contribution in [0.5, 0.6) is 0 Å². The summed E-state index contributed by atoms with van der Waals surface area (Å²) in [7, 11) is 0. The van der Waals surface area contributed by atoms with E-state index in [0.29, 0.717) is 17.6 Å². The Kier molecular flexibility index (Phi) is 7.45. The van der Waals surface area contributed by atoms with Crippen molar-refractivity contribution in [3.8, 4) is 0 Å². The van der Waals surface area contributed by atoms with Crippen LogP contribution < -0.4 is 0 Å². The predicted molar refractivity (Wildman–Crippen MR) is 86.6 cm³/mol. The lowest BCUT2D eigenvalue weighted by atomic mass is 9.95. The van der Waals surface area contributed by atoms with E-state index in [1.807, 2.05) is 0 Å². The maximum atomic E-state index is 11.7. The maximum Gasteiger partial charge on any atom is 0.334 e. The van der Waals surface area contributed by atoms with Crippen LogP contribution >= 0.6 is 11.8 Å². The average Bonchev–Trinajstić information content (AvgIpc) is 2.88. The van der Waals surface area contributed by atoms with E-state index < -0.39 is 17.8 Å². The normalized spacial score (nSPS) is 20.5. The minimum atomic E-state index is -0.700. The van der Waals surface area contributed by atoms with Crippen molar-refractivity contribution in [2.45, 2.75) is 38.5 Å². The summed E-state index contributed by atoms with van der Waals surface area (Å²) in [5, 5.41) is 0.360. The van der Waals surface area contributed by atoms with Gasteiger partial charge in [-0.3, -0.25) is 14.4 Å². The number of thioether (sulfide) groups is 1. The van der Waals surface area contributed by atoms with Crippen LogP contribution in [0.15, 0.2) is 12.2 Å². The molecule has 1 aliphatic heterocycles. The van der Waals surface area contributed by atoms with Crippen LogP contribution in [0.3, 0.4) is 0 Å². The van der Waals surface area contributed by atoms with Crippen molar-refractivity contribution in [3.63, 3.8) is 0 Å². The molecule has 132 valence electrons. The SMILES string of the molecule is O=C(CCSC(=O)COCC1CC=CCC1)ON1C(=O)CCC1=O. The van der Waals surface area contributed by atoms with Gasteiger partial charge in [-0.2, -0.15) is 0 Å². The molecule has 1 unspecified atom stereocenters. The van der Waals surface area contributed by atoms with Crippen molar-refractivity contribution >= 4 is 34.7 Å². The Balaban J connectivity index is 1.53. The maximum absolute atomic E-state index is 11.7. The van der Waals surface area contributed by atoms with E-state index in [4.69, 9.17) is 9.57 Å². The zero-order valence-electron chi connectivity index (χ0n) is 13.4. The summed E-state index contributed by atoms with van der Waals surface area (Å²) in [6, 6.07) is 0. The molecule has 1 fully saturated rings. The number of amides is 2. The highest BCUT2D eigenvalue weighted by molar-refractivity contribution is 8.13. The van der Waals surface area contributed by atoms with Gasteiger partial charge in [-0.1, -0.05) is 23.9 Å². The molecular formula is C16H21NO6S. The first-order valence-electron chi connectivity index (χ1n) is 8.01. The lowest BCUT2D eigenvalue weighted by molar-refractivity contribution is -0.197. The number of carbonyl (C=O) groups is 4. The Morgan fingerprint density at radius 1 is 1.21 bits per heavy atom. The van der Waals surface area contributed by atoms with Gasteiger partial charge in [0.05, 0.1) is 13.0 Å². The summed E-state index contributed by atoms with van der Waals surface area (Å²) in [4.78, 5) is 50.5. The van der Waals surface area contributed by atoms with Crippen LogP contribution in [0.1, 0.15) is 38.5 Å². The highest BCUT2D eigenvalue weighted by Crippen LogP contribution is 2.18. The standard InChI is InChI=1S/C16H21NO6S/c18-13-6-7-14(19)17(13)23-15(20)8-9-24-16(21)11-22-10-12-4-2-1-3-5-12/h1-2,12H,3-11H2. The molecule has 0 spiro atoms. The van der Waals surface area contributed by atoms with Gasteiger partial charge in [-0.25, -0.2) is 4.79 Å². The van der Waals surface area contributed by atoms with Crippen LogP contribution in [0.25, 0.3) is 0 Å². The largest absolute Gasteiger partial charge is 0.372 e. The number of allylic oxidation sites excluding steroid dienone is 2. The van der Waals surface area contributed by atoms with Crippen LogP contribution in [-0.2, 0) is 28.8 Å². The van der Waals surface area contributed by atoms with Crippen LogP contribution in [0, 0.1) is 5.92 Å². The number of hydrogen-bond donors (Lipinski definition) is 0. The number of ether oxygens (including phenoxy) is 1. The van der Waals surface area contributed by atoms with Crippen LogP contribution in [-0.4, -0.2) is 46.9 Å². The topological polar surface area (TPSA) is 90.0 Å². The van der Waals surface area contributed by atoms with Gasteiger partial charge in [0.1, 0.15) is 6.61 Å². The average molecular weight is 355 g/mol. The molecule has 2 amide bonds. The molecule has 1 saturated heterocycles. The number of nitrogens with zero attached hydrogens (tertiary/aromatic N) is 1. The minimum absolute atomic E-state index is 0.0169. The number of hydrogen-bond acceptors (Lipinski definition) is 7. The molecule has 8 heteroatoms. The fourth-order valence-corrected chi connectivity index (χ4v) is 3.07. The second-order valence-electron chi connectivity index (χ2n) is 5.68. The molecule has 7 nitrogen and oxygen atoms in total. The van der Waals surface area contributed by atoms with Gasteiger partial charge in [0.2, 0.25) is 5.12 Å². The summed E-state index contributed by atoms with van der Waals surface area (Å²) in [6.45, 7) is 0.584. The van der Waals surface area contributed by atoms with Gasteiger partial charge in [0.15, 0.2) is 0 Å². The van der Waals surface area contributed by atoms with Crippen molar-refractivity contribution in [3.05, 3.63) is 12.2 Å². The summed E-state index contributed by atoms with van der Waals surface area (Å²) in [5.74, 6) is -1.03. The molecule has 1 aliphatic carbocycles. The molecule has 2 aliphatic rings. The fraction of sp³-hybridized carbons (Fsp3) is 0.625. The van der Waals surface area contributed by atoms with Crippen molar-refractivity contribution in [2.75, 3.05) is 19.0 Å². The van der Waals surface area contributed by atoms with E-state index in [1.165, 1.54) is 0 Å². The second-order valence-corrected chi connectivity index (χ2v) is 6.83. The molecule has 0 aromatic rings. The van der Waals surface area contributed by atoms with E-state index in [9.17, 15) is 19.2 Å². The lowest BCUT2D eigenvalue weighted by Crippen LogP contribution is -2.32. The van der Waals surface area contributed by atoms with Gasteiger partial charge < -0.3 is 9.57 Å². The Morgan fingerprint density at radius 2 is 1.96 bits per heavy atom. The Bertz CT molecular complexity index is 517. The third kappa shape index (κ3) is 6.09. The van der Waals surface area contributed by atoms with Crippen LogP contribution in [0.2, 0.25) is 0 Å². The zero-order valence-corrected chi connectivity index (χ0v) is 14.2. The van der Waals surface area contributed by atoms with E-state index in [1.54, 1.807) is 0 Å². The van der Waals surface area contributed by atoms with Crippen molar-refractivity contribution in [1.82, 2.24) is 5.06 Å². The molecule has 0 N–H and O–H groups in total. The minimum Gasteiger partial charge on any atom is -0.372 e. The number of rotatable bonds is 8. The quantitative estimate of drug-likeness (QED) is 0.483.